The number of aryl methyl sites for hydroxylation is 1. The van der Waals surface area contributed by atoms with E-state index >= 15 is 0 Å². The summed E-state index contributed by atoms with van der Waals surface area (Å²) in [4.78, 5) is 26.9. The van der Waals surface area contributed by atoms with Gasteiger partial charge in [0.1, 0.15) is 11.5 Å². The van der Waals surface area contributed by atoms with Crippen molar-refractivity contribution >= 4 is 11.9 Å². The van der Waals surface area contributed by atoms with Gasteiger partial charge in [0.2, 0.25) is 0 Å². The lowest BCUT2D eigenvalue weighted by Crippen LogP contribution is -2.12. The molecule has 0 spiro atoms. The number of carbonyl (C=O) groups is 2. The fourth-order valence-electron chi connectivity index (χ4n) is 2.23. The number of aromatic nitrogens is 2. The predicted octanol–water partition coefficient (Wildman–Crippen LogP) is 2.37. The van der Waals surface area contributed by atoms with Crippen molar-refractivity contribution in [1.29, 1.82) is 0 Å². The van der Waals surface area contributed by atoms with Gasteiger partial charge in [-0.3, -0.25) is 0 Å². The number of imidazole rings is 1. The van der Waals surface area contributed by atoms with Gasteiger partial charge in [-0.25, -0.2) is 14.6 Å². The Kier molecular flexibility index (Phi) is 4.93. The minimum Gasteiger partial charge on any atom is -0.477 e. The fraction of sp³-hybridized carbons (Fsp3) is 0.312. The van der Waals surface area contributed by atoms with Crippen molar-refractivity contribution < 1.29 is 19.4 Å². The Labute approximate surface area is 128 Å². The second-order valence-corrected chi connectivity index (χ2v) is 4.89. The molecule has 22 heavy (non-hydrogen) atoms. The quantitative estimate of drug-likeness (QED) is 0.828. The standard InChI is InChI=1S/C16H18N2O4/c1-3-4-14-17-9-13(15(19)20)18(14)10-11-5-7-12(8-6-11)16(21)22-2/h5-9H,3-4,10H2,1-2H3,(H,19,20). The van der Waals surface area contributed by atoms with E-state index < -0.39 is 11.9 Å². The van der Waals surface area contributed by atoms with Crippen molar-refractivity contribution in [3.8, 4) is 0 Å². The lowest BCUT2D eigenvalue weighted by atomic mass is 10.1. The molecule has 1 heterocycles. The average Bonchev–Trinajstić information content (AvgIpc) is 2.91. The minimum atomic E-state index is -0.999. The van der Waals surface area contributed by atoms with Crippen molar-refractivity contribution in [3.63, 3.8) is 0 Å². The molecule has 2 rings (SSSR count). The van der Waals surface area contributed by atoms with Crippen LogP contribution >= 0.6 is 0 Å². The van der Waals surface area contributed by atoms with Crippen LogP contribution in [0.1, 0.15) is 45.6 Å². The molecule has 6 heteroatoms. The van der Waals surface area contributed by atoms with Gasteiger partial charge >= 0.3 is 11.9 Å². The van der Waals surface area contributed by atoms with Crippen LogP contribution < -0.4 is 0 Å². The van der Waals surface area contributed by atoms with Crippen LogP contribution in [0.25, 0.3) is 0 Å². The van der Waals surface area contributed by atoms with Crippen molar-refractivity contribution in [1.82, 2.24) is 9.55 Å². The monoisotopic (exact) mass is 302 g/mol. The molecule has 0 saturated heterocycles. The van der Waals surface area contributed by atoms with E-state index in [1.807, 2.05) is 6.92 Å². The van der Waals surface area contributed by atoms with Crippen LogP contribution in [0.4, 0.5) is 0 Å². The average molecular weight is 302 g/mol. The molecule has 1 N–H and O–H groups in total. The minimum absolute atomic E-state index is 0.167. The topological polar surface area (TPSA) is 81.4 Å². The molecule has 1 aromatic heterocycles. The molecule has 0 fully saturated rings. The van der Waals surface area contributed by atoms with E-state index in [1.54, 1.807) is 28.8 Å². The zero-order valence-electron chi connectivity index (χ0n) is 12.6. The number of aromatic carboxylic acids is 1. The molecule has 0 saturated carbocycles. The number of ether oxygens (including phenoxy) is 1. The molecule has 0 atom stereocenters. The molecule has 116 valence electrons. The van der Waals surface area contributed by atoms with Crippen LogP contribution in [-0.2, 0) is 17.7 Å². The van der Waals surface area contributed by atoms with Gasteiger partial charge < -0.3 is 14.4 Å². The summed E-state index contributed by atoms with van der Waals surface area (Å²) in [5, 5.41) is 9.25. The Morgan fingerprint density at radius 3 is 2.50 bits per heavy atom. The Balaban J connectivity index is 2.27. The highest BCUT2D eigenvalue weighted by Crippen LogP contribution is 2.13. The highest BCUT2D eigenvalue weighted by Gasteiger charge is 2.15. The molecule has 2 aromatic rings. The summed E-state index contributed by atoms with van der Waals surface area (Å²) in [5.74, 6) is -0.648. The maximum atomic E-state index is 11.4. The van der Waals surface area contributed by atoms with E-state index in [9.17, 15) is 14.7 Å². The number of hydrogen-bond donors (Lipinski definition) is 1. The summed E-state index contributed by atoms with van der Waals surface area (Å²) in [6.45, 7) is 2.42. The lowest BCUT2D eigenvalue weighted by molar-refractivity contribution is 0.0599. The van der Waals surface area contributed by atoms with E-state index in [2.05, 4.69) is 9.72 Å². The summed E-state index contributed by atoms with van der Waals surface area (Å²) in [6.07, 6.45) is 2.99. The molecule has 1 aromatic carbocycles. The lowest BCUT2D eigenvalue weighted by Gasteiger charge is -2.10. The Morgan fingerprint density at radius 1 is 1.27 bits per heavy atom. The second-order valence-electron chi connectivity index (χ2n) is 4.89. The van der Waals surface area contributed by atoms with Crippen molar-refractivity contribution in [3.05, 3.63) is 53.1 Å². The molecule has 0 aliphatic carbocycles. The van der Waals surface area contributed by atoms with Crippen molar-refractivity contribution in [2.24, 2.45) is 0 Å². The Morgan fingerprint density at radius 2 is 1.95 bits per heavy atom. The van der Waals surface area contributed by atoms with Crippen LogP contribution in [0.15, 0.2) is 30.5 Å². The maximum Gasteiger partial charge on any atom is 0.354 e. The van der Waals surface area contributed by atoms with Gasteiger partial charge in [-0.15, -0.1) is 0 Å². The number of hydrogen-bond acceptors (Lipinski definition) is 4. The number of benzene rings is 1. The normalized spacial score (nSPS) is 10.5. The number of esters is 1. The van der Waals surface area contributed by atoms with Gasteiger partial charge in [-0.1, -0.05) is 19.1 Å². The van der Waals surface area contributed by atoms with Gasteiger partial charge in [0, 0.05) is 13.0 Å². The van der Waals surface area contributed by atoms with Gasteiger partial charge in [0.25, 0.3) is 0 Å². The number of carbonyl (C=O) groups excluding carboxylic acids is 1. The number of methoxy groups -OCH3 is 1. The van der Waals surface area contributed by atoms with Crippen LogP contribution in [0.3, 0.4) is 0 Å². The molecule has 0 bridgehead atoms. The summed E-state index contributed by atoms with van der Waals surface area (Å²) in [6, 6.07) is 6.90. The first-order chi connectivity index (χ1) is 10.6. The van der Waals surface area contributed by atoms with Crippen LogP contribution in [0.2, 0.25) is 0 Å². The first-order valence-corrected chi connectivity index (χ1v) is 7.01. The molecule has 0 aliphatic rings. The number of carboxylic acid groups (broad SMARTS) is 1. The van der Waals surface area contributed by atoms with Gasteiger partial charge in [0.15, 0.2) is 0 Å². The number of carboxylic acids is 1. The van der Waals surface area contributed by atoms with Crippen LogP contribution in [-0.4, -0.2) is 33.7 Å². The van der Waals surface area contributed by atoms with E-state index in [0.717, 1.165) is 17.8 Å². The highest BCUT2D eigenvalue weighted by atomic mass is 16.5. The summed E-state index contributed by atoms with van der Waals surface area (Å²) in [7, 11) is 1.33. The summed E-state index contributed by atoms with van der Waals surface area (Å²) >= 11 is 0. The zero-order chi connectivity index (χ0) is 16.1. The maximum absolute atomic E-state index is 11.4. The number of rotatable bonds is 6. The Hall–Kier alpha value is -2.63. The van der Waals surface area contributed by atoms with Crippen molar-refractivity contribution in [2.45, 2.75) is 26.3 Å². The molecule has 0 unspecified atom stereocenters. The number of nitrogens with zero attached hydrogens (tertiary/aromatic N) is 2. The van der Waals surface area contributed by atoms with E-state index in [1.165, 1.54) is 13.3 Å². The largest absolute Gasteiger partial charge is 0.477 e. The first kappa shape index (κ1) is 15.8. The van der Waals surface area contributed by atoms with Gasteiger partial charge in [0.05, 0.1) is 18.9 Å². The molecule has 6 nitrogen and oxygen atoms in total. The molecule has 0 radical (unpaired) electrons. The van der Waals surface area contributed by atoms with Gasteiger partial charge in [-0.2, -0.15) is 0 Å². The molecule has 0 amide bonds. The smallest absolute Gasteiger partial charge is 0.354 e. The summed E-state index contributed by atoms with van der Waals surface area (Å²) in [5.41, 5.74) is 1.52. The highest BCUT2D eigenvalue weighted by molar-refractivity contribution is 5.89. The van der Waals surface area contributed by atoms with E-state index in [-0.39, 0.29) is 5.69 Å². The molecular weight excluding hydrogens is 284 g/mol. The molecular formula is C16H18N2O4. The van der Waals surface area contributed by atoms with Crippen LogP contribution in [0.5, 0.6) is 0 Å². The van der Waals surface area contributed by atoms with E-state index in [0.29, 0.717) is 18.5 Å². The van der Waals surface area contributed by atoms with Crippen LogP contribution in [0, 0.1) is 0 Å². The SMILES string of the molecule is CCCc1ncc(C(=O)O)n1Cc1ccc(C(=O)OC)cc1. The van der Waals surface area contributed by atoms with Gasteiger partial charge in [-0.05, 0) is 24.1 Å². The second kappa shape index (κ2) is 6.89. The van der Waals surface area contributed by atoms with Crippen molar-refractivity contribution in [2.75, 3.05) is 7.11 Å². The third kappa shape index (κ3) is 3.33. The third-order valence-electron chi connectivity index (χ3n) is 3.35. The van der Waals surface area contributed by atoms with E-state index in [4.69, 9.17) is 0 Å². The zero-order valence-corrected chi connectivity index (χ0v) is 12.6. The predicted molar refractivity (Wildman–Crippen MR) is 80.1 cm³/mol. The fourth-order valence-corrected chi connectivity index (χ4v) is 2.23. The Bertz CT molecular complexity index is 674. The first-order valence-electron chi connectivity index (χ1n) is 7.01. The third-order valence-corrected chi connectivity index (χ3v) is 3.35. The summed E-state index contributed by atoms with van der Waals surface area (Å²) < 4.78 is 6.35. The molecule has 0 aliphatic heterocycles.